The van der Waals surface area contributed by atoms with Gasteiger partial charge >= 0.3 is 0 Å². The number of benzene rings is 22. The Balaban J connectivity index is 0.000000144. The average Bonchev–Trinajstić information content (AvgIpc) is 1.50. The SMILES string of the molecule is C=Cc1cccc(-c2ccc3c(c2)C2(c4ccccc4-3)c3ccccc3-c3ccc(-c4ccc5c(c4)c4cc(N(c6ccc(-c7ccccc7)cc6)c6ccc7c(c6)C(C)(C)c6ccccc6-7)ccc4n5-c4ccccc4)cc32)c1.C=Cc1cccc(-c2ccc3c(c2)C2(c4ccccc4-3)c3ccccc3-c3ccc(N(c4ccc(-c5ccccc5)cc4)c4ccc(-c5ccc6c(c5)-c5ccccc5C6(C)C)cc4)cc32)c1. The van der Waals surface area contributed by atoms with Crippen LogP contribution in [0.15, 0.2) is 517 Å². The first-order chi connectivity index (χ1) is 72.3. The third-order valence-corrected chi connectivity index (χ3v) is 33.0. The maximum atomic E-state index is 4.10. The lowest BCUT2D eigenvalue weighted by Crippen LogP contribution is -2.26. The molecule has 0 radical (unpaired) electrons. The van der Waals surface area contributed by atoms with E-state index in [2.05, 4.69) is 559 Å². The van der Waals surface area contributed by atoms with Crippen LogP contribution in [0.5, 0.6) is 0 Å². The van der Waals surface area contributed by atoms with Crippen molar-refractivity contribution >= 4 is 68.1 Å². The van der Waals surface area contributed by atoms with Gasteiger partial charge in [-0.15, -0.1) is 0 Å². The van der Waals surface area contributed by atoms with E-state index >= 15 is 0 Å². The Morgan fingerprint density at radius 1 is 0.177 bits per heavy atom. The summed E-state index contributed by atoms with van der Waals surface area (Å²) in [6, 6.07) is 188. The molecule has 6 aliphatic rings. The largest absolute Gasteiger partial charge is 0.310 e. The Bertz CT molecular complexity index is 9350. The van der Waals surface area contributed by atoms with E-state index < -0.39 is 10.8 Å². The van der Waals surface area contributed by atoms with Crippen molar-refractivity contribution in [3.05, 3.63) is 595 Å². The topological polar surface area (TPSA) is 11.4 Å². The summed E-state index contributed by atoms with van der Waals surface area (Å²) in [5, 5.41) is 2.40. The fraction of sp³-hybridized carbons (Fsp3) is 0.0556. The van der Waals surface area contributed by atoms with Crippen molar-refractivity contribution < 1.29 is 0 Å². The zero-order valence-corrected chi connectivity index (χ0v) is 82.3. The summed E-state index contributed by atoms with van der Waals surface area (Å²) < 4.78 is 2.44. The lowest BCUT2D eigenvalue weighted by molar-refractivity contribution is 0.660. The molecule has 0 saturated heterocycles. The molecular weight excluding hydrogens is 1770 g/mol. The van der Waals surface area contributed by atoms with E-state index in [0.717, 1.165) is 56.5 Å². The third kappa shape index (κ3) is 13.3. The second kappa shape index (κ2) is 33.7. The molecule has 692 valence electrons. The van der Waals surface area contributed by atoms with E-state index in [1.165, 1.54) is 217 Å². The minimum atomic E-state index is -0.520. The van der Waals surface area contributed by atoms with E-state index in [9.17, 15) is 0 Å². The van der Waals surface area contributed by atoms with E-state index in [4.69, 9.17) is 0 Å². The molecule has 0 fully saturated rings. The molecule has 0 N–H and O–H groups in total. The molecule has 1 aromatic heterocycles. The monoisotopic (exact) mass is 1870 g/mol. The Morgan fingerprint density at radius 2 is 0.435 bits per heavy atom. The van der Waals surface area contributed by atoms with Crippen LogP contribution >= 0.6 is 0 Å². The maximum absolute atomic E-state index is 4.10. The molecule has 1 heterocycles. The molecular formula is C144H101N3. The summed E-state index contributed by atoms with van der Waals surface area (Å²) >= 11 is 0. The van der Waals surface area contributed by atoms with Crippen molar-refractivity contribution in [2.24, 2.45) is 0 Å². The van der Waals surface area contributed by atoms with Crippen molar-refractivity contribution in [3.8, 4) is 139 Å². The summed E-state index contributed by atoms with van der Waals surface area (Å²) in [4.78, 5) is 4.90. The van der Waals surface area contributed by atoms with Crippen molar-refractivity contribution in [3.63, 3.8) is 0 Å². The van der Waals surface area contributed by atoms with Crippen LogP contribution in [0.2, 0.25) is 0 Å². The smallest absolute Gasteiger partial charge is 0.0726 e. The average molecular weight is 1870 g/mol. The van der Waals surface area contributed by atoms with Crippen LogP contribution in [0.25, 0.3) is 173 Å². The van der Waals surface area contributed by atoms with Crippen LogP contribution in [-0.2, 0) is 21.7 Å². The third-order valence-electron chi connectivity index (χ3n) is 33.0. The summed E-state index contributed by atoms with van der Waals surface area (Å²) in [5.41, 5.74) is 57.2. The molecule has 2 atom stereocenters. The fourth-order valence-electron chi connectivity index (χ4n) is 26.1. The standard InChI is InChI=1S/C78H54N2.C66H47N/c1-4-50-18-17-21-53(44-50)55-32-39-65-62-25-12-15-28-70(62)78(73(65)46-55)71-29-16-13-26-63(71)66-40-33-56(47-74(66)78)54-34-42-75-67(45-54)68-48-59(38-43-76(68)80(75)57-22-9-6-10-23-57)79(58-35-30-52(31-36-58)51-19-7-5-8-20-51)60-37-41-64-61-24-11-14-27-69(61)77(2,3)72(64)49-60;1-4-43-15-14-18-47(39-43)49-29-36-56-53-19-9-12-23-61(53)66(63(56)41-49)62-24-13-10-20-54(62)57-37-35-52(42-64(57)66)67(50-31-25-45(26-32-50)44-16-6-5-7-17-44)51-33-27-46(28-34-51)48-30-38-60-58(40-48)55-21-8-11-22-59(55)65(60,2)3/h4-49H,1H2,2-3H3;4-42H,1H2,2-3H3. The molecule has 22 aromatic carbocycles. The van der Waals surface area contributed by atoms with E-state index in [1.807, 2.05) is 12.2 Å². The van der Waals surface area contributed by atoms with E-state index in [0.29, 0.717) is 0 Å². The first kappa shape index (κ1) is 86.6. The molecule has 0 amide bonds. The van der Waals surface area contributed by atoms with Crippen LogP contribution in [0.4, 0.5) is 34.1 Å². The van der Waals surface area contributed by atoms with Crippen molar-refractivity contribution in [2.45, 2.75) is 49.4 Å². The highest BCUT2D eigenvalue weighted by Gasteiger charge is 2.54. The van der Waals surface area contributed by atoms with Gasteiger partial charge in [0.25, 0.3) is 0 Å². The Kier molecular flexibility index (Phi) is 19.8. The van der Waals surface area contributed by atoms with Gasteiger partial charge < -0.3 is 14.4 Å². The van der Waals surface area contributed by atoms with Gasteiger partial charge in [-0.3, -0.25) is 0 Å². The van der Waals surface area contributed by atoms with Gasteiger partial charge in [0.15, 0.2) is 0 Å². The Morgan fingerprint density at radius 3 is 0.878 bits per heavy atom. The lowest BCUT2D eigenvalue weighted by Gasteiger charge is -2.32. The van der Waals surface area contributed by atoms with Crippen LogP contribution in [0.1, 0.15) is 106 Å². The fourth-order valence-corrected chi connectivity index (χ4v) is 26.1. The molecule has 0 bridgehead atoms. The molecule has 0 aliphatic heterocycles. The van der Waals surface area contributed by atoms with Crippen LogP contribution in [-0.4, -0.2) is 4.57 Å². The number of aromatic nitrogens is 1. The first-order valence-electron chi connectivity index (χ1n) is 51.4. The highest BCUT2D eigenvalue weighted by molar-refractivity contribution is 6.13. The normalized spacial score (nSPS) is 15.0. The zero-order chi connectivity index (χ0) is 98.1. The van der Waals surface area contributed by atoms with Gasteiger partial charge in [0.05, 0.1) is 21.9 Å². The molecule has 0 saturated carbocycles. The first-order valence-corrected chi connectivity index (χ1v) is 51.4. The zero-order valence-electron chi connectivity index (χ0n) is 82.3. The predicted molar refractivity (Wildman–Crippen MR) is 617 cm³/mol. The number of hydrogen-bond acceptors (Lipinski definition) is 2. The number of rotatable bonds is 15. The highest BCUT2D eigenvalue weighted by atomic mass is 15.1. The summed E-state index contributed by atoms with van der Waals surface area (Å²) in [6.07, 6.45) is 3.87. The molecule has 6 aliphatic carbocycles. The number of nitrogens with zero attached hydrogens (tertiary/aromatic N) is 3. The van der Waals surface area contributed by atoms with Gasteiger partial charge in [-0.1, -0.05) is 417 Å². The maximum Gasteiger partial charge on any atom is 0.0726 e. The van der Waals surface area contributed by atoms with Crippen LogP contribution < -0.4 is 9.80 Å². The Labute approximate surface area is 859 Å². The summed E-state index contributed by atoms with van der Waals surface area (Å²) in [7, 11) is 0. The molecule has 23 aromatic rings. The minimum Gasteiger partial charge on any atom is -0.310 e. The molecule has 3 heteroatoms. The molecule has 2 spiro atoms. The predicted octanol–water partition coefficient (Wildman–Crippen LogP) is 38.0. The van der Waals surface area contributed by atoms with Gasteiger partial charge in [0.1, 0.15) is 0 Å². The number of hydrogen-bond donors (Lipinski definition) is 0. The number of fused-ring (bicyclic) bond motifs is 29. The van der Waals surface area contributed by atoms with Crippen molar-refractivity contribution in [1.29, 1.82) is 0 Å². The molecule has 29 rings (SSSR count). The highest BCUT2D eigenvalue weighted by Crippen LogP contribution is 2.67. The van der Waals surface area contributed by atoms with Gasteiger partial charge in [0.2, 0.25) is 0 Å². The minimum absolute atomic E-state index is 0.0248. The van der Waals surface area contributed by atoms with Gasteiger partial charge in [-0.05, 0) is 351 Å². The second-order valence-electron chi connectivity index (χ2n) is 41.3. The molecule has 3 nitrogen and oxygen atoms in total. The number of anilines is 6. The van der Waals surface area contributed by atoms with Crippen LogP contribution in [0.3, 0.4) is 0 Å². The van der Waals surface area contributed by atoms with Crippen LogP contribution in [0, 0.1) is 0 Å². The van der Waals surface area contributed by atoms with Crippen molar-refractivity contribution in [1.82, 2.24) is 4.57 Å². The van der Waals surface area contributed by atoms with Gasteiger partial charge in [-0.25, -0.2) is 0 Å². The molecule has 147 heavy (non-hydrogen) atoms. The van der Waals surface area contributed by atoms with E-state index in [1.54, 1.807) is 0 Å². The number of para-hydroxylation sites is 1. The van der Waals surface area contributed by atoms with Gasteiger partial charge in [-0.2, -0.15) is 0 Å². The lowest BCUT2D eigenvalue weighted by atomic mass is 9.70. The van der Waals surface area contributed by atoms with Gasteiger partial charge in [0, 0.05) is 61.4 Å². The van der Waals surface area contributed by atoms with E-state index in [-0.39, 0.29) is 10.8 Å². The summed E-state index contributed by atoms with van der Waals surface area (Å²) in [5.74, 6) is 0. The van der Waals surface area contributed by atoms with Crippen molar-refractivity contribution in [2.75, 3.05) is 9.80 Å². The quantitative estimate of drug-likeness (QED) is 0.101. The second-order valence-corrected chi connectivity index (χ2v) is 41.3. The summed E-state index contributed by atoms with van der Waals surface area (Å²) in [6.45, 7) is 17.6. The Hall–Kier alpha value is -18.3. The molecule has 2 unspecified atom stereocenters.